The first-order valence-electron chi connectivity index (χ1n) is 5.67. The van der Waals surface area contributed by atoms with E-state index in [1.807, 2.05) is 19.1 Å². The largest absolute Gasteiger partial charge is 0.501 e. The zero-order valence-corrected chi connectivity index (χ0v) is 10.3. The van der Waals surface area contributed by atoms with Gasteiger partial charge in [0.25, 0.3) is 0 Å². The van der Waals surface area contributed by atoms with Gasteiger partial charge in [-0.3, -0.25) is 9.59 Å². The van der Waals surface area contributed by atoms with E-state index in [-0.39, 0.29) is 16.7 Å². The molecule has 1 aromatic carbocycles. The number of allylic oxidation sites excluding steroid dienone is 2. The number of carbonyl (C=O) groups excluding carboxylic acids is 1. The van der Waals surface area contributed by atoms with Crippen LogP contribution >= 0.6 is 0 Å². The van der Waals surface area contributed by atoms with Gasteiger partial charge in [0.2, 0.25) is 22.7 Å². The molecule has 2 rings (SSSR count). The number of hydrogen-bond acceptors (Lipinski definition) is 4. The maximum atomic E-state index is 12.0. The fourth-order valence-corrected chi connectivity index (χ4v) is 1.76. The van der Waals surface area contributed by atoms with Crippen LogP contribution in [-0.4, -0.2) is 10.9 Å². The van der Waals surface area contributed by atoms with E-state index in [1.165, 1.54) is 0 Å². The van der Waals surface area contributed by atoms with E-state index >= 15 is 0 Å². The fraction of sp³-hybridized carbons (Fsp3) is 0.0667. The summed E-state index contributed by atoms with van der Waals surface area (Å²) in [6.07, 6.45) is 4.63. The van der Waals surface area contributed by atoms with Crippen LogP contribution in [0.3, 0.4) is 0 Å². The Labute approximate surface area is 109 Å². The molecule has 0 unspecified atom stereocenters. The molecule has 0 aliphatic rings. The number of fused-ring (bicyclic) bond motifs is 1. The molecule has 0 spiro atoms. The minimum atomic E-state index is -0.685. The first kappa shape index (κ1) is 12.8. The Bertz CT molecular complexity index is 751. The lowest BCUT2D eigenvalue weighted by Gasteiger charge is -2.03. The van der Waals surface area contributed by atoms with Gasteiger partial charge in [-0.2, -0.15) is 0 Å². The number of rotatable bonds is 3. The summed E-state index contributed by atoms with van der Waals surface area (Å²) in [7, 11) is 0. The van der Waals surface area contributed by atoms with Crippen molar-refractivity contribution in [1.29, 1.82) is 0 Å². The van der Waals surface area contributed by atoms with Crippen molar-refractivity contribution in [2.24, 2.45) is 0 Å². The highest BCUT2D eigenvalue weighted by Crippen LogP contribution is 2.22. The van der Waals surface area contributed by atoms with Crippen LogP contribution < -0.4 is 5.43 Å². The van der Waals surface area contributed by atoms with Gasteiger partial charge >= 0.3 is 0 Å². The summed E-state index contributed by atoms with van der Waals surface area (Å²) in [5.41, 5.74) is 0.434. The molecule has 0 saturated heterocycles. The summed E-state index contributed by atoms with van der Waals surface area (Å²) in [6.45, 7) is 5.15. The zero-order valence-electron chi connectivity index (χ0n) is 10.3. The molecule has 96 valence electrons. The second-order valence-electron chi connectivity index (χ2n) is 3.93. The molecule has 0 amide bonds. The smallest absolute Gasteiger partial charge is 0.235 e. The van der Waals surface area contributed by atoms with Gasteiger partial charge in [-0.05, 0) is 30.7 Å². The Hall–Kier alpha value is -2.62. The van der Waals surface area contributed by atoms with Crippen LogP contribution in [0, 0.1) is 0 Å². The maximum Gasteiger partial charge on any atom is 0.235 e. The predicted octanol–water partition coefficient (Wildman–Crippen LogP) is 2.90. The quantitative estimate of drug-likeness (QED) is 0.677. The summed E-state index contributed by atoms with van der Waals surface area (Å²) in [5.74, 6) is -1.70. The Kier molecular flexibility index (Phi) is 3.33. The van der Waals surface area contributed by atoms with Crippen LogP contribution in [-0.2, 0) is 0 Å². The van der Waals surface area contributed by atoms with Gasteiger partial charge < -0.3 is 9.52 Å². The Balaban J connectivity index is 2.80. The summed E-state index contributed by atoms with van der Waals surface area (Å²) < 4.78 is 5.26. The van der Waals surface area contributed by atoms with E-state index in [4.69, 9.17) is 4.42 Å². The molecule has 0 radical (unpaired) electrons. The third-order valence-corrected chi connectivity index (χ3v) is 2.66. The van der Waals surface area contributed by atoms with E-state index < -0.39 is 17.0 Å². The highest BCUT2D eigenvalue weighted by Gasteiger charge is 2.17. The van der Waals surface area contributed by atoms with E-state index in [0.717, 1.165) is 11.6 Å². The molecule has 1 aromatic heterocycles. The topological polar surface area (TPSA) is 67.5 Å². The number of hydrogen-bond donors (Lipinski definition) is 1. The fourth-order valence-electron chi connectivity index (χ4n) is 1.76. The lowest BCUT2D eigenvalue weighted by molar-refractivity contribution is 0.101. The van der Waals surface area contributed by atoms with Crippen LogP contribution in [0.1, 0.15) is 23.0 Å². The van der Waals surface area contributed by atoms with E-state index in [0.29, 0.717) is 0 Å². The molecule has 0 aliphatic heterocycles. The molecular weight excluding hydrogens is 244 g/mol. The van der Waals surface area contributed by atoms with E-state index in [9.17, 15) is 14.7 Å². The second-order valence-corrected chi connectivity index (χ2v) is 3.93. The molecule has 4 heteroatoms. The van der Waals surface area contributed by atoms with Gasteiger partial charge in [-0.1, -0.05) is 24.8 Å². The monoisotopic (exact) mass is 256 g/mol. The predicted molar refractivity (Wildman–Crippen MR) is 73.4 cm³/mol. The molecule has 0 saturated carbocycles. The van der Waals surface area contributed by atoms with Gasteiger partial charge in [0.15, 0.2) is 0 Å². The van der Waals surface area contributed by atoms with Crippen molar-refractivity contribution >= 4 is 22.8 Å². The second kappa shape index (κ2) is 4.94. The van der Waals surface area contributed by atoms with Crippen LogP contribution in [0.25, 0.3) is 17.0 Å². The first-order valence-corrected chi connectivity index (χ1v) is 5.67. The summed E-state index contributed by atoms with van der Waals surface area (Å²) in [6, 6.07) is 4.94. The van der Waals surface area contributed by atoms with Crippen molar-refractivity contribution < 1.29 is 14.3 Å². The summed E-state index contributed by atoms with van der Waals surface area (Å²) in [5, 5.41) is 9.96. The van der Waals surface area contributed by atoms with Gasteiger partial charge in [0.1, 0.15) is 5.58 Å². The lowest BCUT2D eigenvalue weighted by Crippen LogP contribution is -2.07. The van der Waals surface area contributed by atoms with Crippen molar-refractivity contribution in [2.45, 2.75) is 6.92 Å². The minimum absolute atomic E-state index is 0.230. The van der Waals surface area contributed by atoms with Crippen molar-refractivity contribution in [3.05, 3.63) is 58.5 Å². The van der Waals surface area contributed by atoms with Gasteiger partial charge in [-0.25, -0.2) is 0 Å². The molecule has 1 N–H and O–H groups in total. The molecule has 19 heavy (non-hydrogen) atoms. The van der Waals surface area contributed by atoms with Crippen LogP contribution in [0.2, 0.25) is 0 Å². The number of aromatic hydroxyl groups is 1. The number of carbonyl (C=O) groups is 1. The molecule has 2 aromatic rings. The minimum Gasteiger partial charge on any atom is -0.501 e. The van der Waals surface area contributed by atoms with Crippen LogP contribution in [0.4, 0.5) is 0 Å². The van der Waals surface area contributed by atoms with Crippen molar-refractivity contribution in [3.8, 4) is 5.75 Å². The van der Waals surface area contributed by atoms with Gasteiger partial charge in [-0.15, -0.1) is 0 Å². The molecule has 0 atom stereocenters. The SMILES string of the molecule is C=CC(=O)c1oc2ccc(C=CC)cc2c(=O)c1O. The molecule has 1 heterocycles. The Morgan fingerprint density at radius 2 is 2.16 bits per heavy atom. The standard InChI is InChI=1S/C15H12O4/c1-3-5-9-6-7-12-10(8-9)13(17)14(18)15(19-12)11(16)4-2/h3-8,18H,2H2,1H3. The first-order chi connectivity index (χ1) is 9.08. The van der Waals surface area contributed by atoms with Crippen LogP contribution in [0.5, 0.6) is 5.75 Å². The zero-order chi connectivity index (χ0) is 14.0. The highest BCUT2D eigenvalue weighted by atomic mass is 16.4. The summed E-state index contributed by atoms with van der Waals surface area (Å²) in [4.78, 5) is 23.5. The Morgan fingerprint density at radius 3 is 2.79 bits per heavy atom. The molecule has 0 bridgehead atoms. The lowest BCUT2D eigenvalue weighted by atomic mass is 10.1. The van der Waals surface area contributed by atoms with Crippen molar-refractivity contribution in [2.75, 3.05) is 0 Å². The van der Waals surface area contributed by atoms with Crippen LogP contribution in [0.15, 0.2) is 46.1 Å². The number of benzene rings is 1. The third kappa shape index (κ3) is 2.20. The molecule has 0 fully saturated rings. The molecular formula is C15H12O4. The summed E-state index contributed by atoms with van der Waals surface area (Å²) >= 11 is 0. The Morgan fingerprint density at radius 1 is 1.42 bits per heavy atom. The highest BCUT2D eigenvalue weighted by molar-refractivity contribution is 6.04. The van der Waals surface area contributed by atoms with E-state index in [2.05, 4.69) is 6.58 Å². The number of ketones is 1. The van der Waals surface area contributed by atoms with Gasteiger partial charge in [0, 0.05) is 0 Å². The van der Waals surface area contributed by atoms with Crippen molar-refractivity contribution in [1.82, 2.24) is 0 Å². The third-order valence-electron chi connectivity index (χ3n) is 2.66. The average molecular weight is 256 g/mol. The normalized spacial score (nSPS) is 11.0. The van der Waals surface area contributed by atoms with Gasteiger partial charge in [0.05, 0.1) is 5.39 Å². The average Bonchev–Trinajstić information content (AvgIpc) is 2.42. The maximum absolute atomic E-state index is 12.0. The molecule has 0 aliphatic carbocycles. The molecule has 4 nitrogen and oxygen atoms in total. The van der Waals surface area contributed by atoms with E-state index in [1.54, 1.807) is 18.2 Å². The van der Waals surface area contributed by atoms with Crippen molar-refractivity contribution in [3.63, 3.8) is 0 Å².